The molecule has 1 aromatic carbocycles. The summed E-state index contributed by atoms with van der Waals surface area (Å²) in [5, 5.41) is 3.36. The number of anilines is 2. The van der Waals surface area contributed by atoms with Gasteiger partial charge in [0.05, 0.1) is 0 Å². The fourth-order valence-corrected chi connectivity index (χ4v) is 5.29. The van der Waals surface area contributed by atoms with E-state index in [0.29, 0.717) is 0 Å². The van der Waals surface area contributed by atoms with Gasteiger partial charge in [-0.3, -0.25) is 0 Å². The fourth-order valence-electron chi connectivity index (χ4n) is 2.69. The first-order valence-electron chi connectivity index (χ1n) is 7.30. The van der Waals surface area contributed by atoms with Crippen molar-refractivity contribution in [3.05, 3.63) is 23.8 Å². The van der Waals surface area contributed by atoms with E-state index in [2.05, 4.69) is 49.0 Å². The first-order chi connectivity index (χ1) is 9.08. The maximum atomic E-state index is 12.6. The Morgan fingerprint density at radius 2 is 1.84 bits per heavy atom. The second kappa shape index (κ2) is 6.00. The van der Waals surface area contributed by atoms with Gasteiger partial charge >= 0.3 is 0 Å². The van der Waals surface area contributed by atoms with Crippen LogP contribution in [0.25, 0.3) is 0 Å². The Morgan fingerprint density at radius 3 is 2.42 bits per heavy atom. The van der Waals surface area contributed by atoms with E-state index in [1.807, 2.05) is 0 Å². The summed E-state index contributed by atoms with van der Waals surface area (Å²) in [5.74, 6) is 0. The molecule has 0 aromatic heterocycles. The molecule has 0 spiro atoms. The van der Waals surface area contributed by atoms with Crippen molar-refractivity contribution in [1.29, 1.82) is 0 Å². The van der Waals surface area contributed by atoms with E-state index < -0.39 is 7.29 Å². The fraction of sp³-hybridized carbons (Fsp3) is 0.600. The monoisotopic (exact) mass is 280 g/mol. The molecule has 0 radical (unpaired) electrons. The highest BCUT2D eigenvalue weighted by atomic mass is 31.2. The summed E-state index contributed by atoms with van der Waals surface area (Å²) in [6.07, 6.45) is 3.89. The van der Waals surface area contributed by atoms with E-state index in [0.717, 1.165) is 43.9 Å². The van der Waals surface area contributed by atoms with Crippen LogP contribution >= 0.6 is 7.29 Å². The first kappa shape index (κ1) is 14.5. The molecule has 0 unspecified atom stereocenters. The SMILES string of the molecule is CCN(CC)c1ccc(C)c(NP2(=O)CCCC2)c1. The topological polar surface area (TPSA) is 32.3 Å². The molecule has 4 heteroatoms. The van der Waals surface area contributed by atoms with Gasteiger partial charge < -0.3 is 14.6 Å². The van der Waals surface area contributed by atoms with Gasteiger partial charge in [-0.2, -0.15) is 0 Å². The van der Waals surface area contributed by atoms with Crippen molar-refractivity contribution in [3.63, 3.8) is 0 Å². The van der Waals surface area contributed by atoms with Gasteiger partial charge in [-0.1, -0.05) is 6.07 Å². The van der Waals surface area contributed by atoms with E-state index in [1.54, 1.807) is 0 Å². The number of aryl methyl sites for hydroxylation is 1. The Morgan fingerprint density at radius 1 is 1.21 bits per heavy atom. The average molecular weight is 280 g/mol. The van der Waals surface area contributed by atoms with Gasteiger partial charge in [-0.15, -0.1) is 0 Å². The zero-order chi connectivity index (χ0) is 13.9. The van der Waals surface area contributed by atoms with E-state index in [4.69, 9.17) is 0 Å². The predicted molar refractivity (Wildman–Crippen MR) is 84.9 cm³/mol. The highest BCUT2D eigenvalue weighted by molar-refractivity contribution is 7.65. The zero-order valence-corrected chi connectivity index (χ0v) is 13.2. The molecular weight excluding hydrogens is 255 g/mol. The Kier molecular flexibility index (Phi) is 4.57. The largest absolute Gasteiger partial charge is 0.372 e. The molecule has 0 amide bonds. The van der Waals surface area contributed by atoms with Crippen molar-refractivity contribution in [2.24, 2.45) is 0 Å². The van der Waals surface area contributed by atoms with E-state index >= 15 is 0 Å². The third-order valence-electron chi connectivity index (χ3n) is 3.96. The molecule has 1 fully saturated rings. The Bertz CT molecular complexity index is 473. The lowest BCUT2D eigenvalue weighted by Gasteiger charge is -2.24. The van der Waals surface area contributed by atoms with Gasteiger partial charge in [-0.05, 0) is 51.3 Å². The Labute approximate surface area is 116 Å². The van der Waals surface area contributed by atoms with E-state index in [1.165, 1.54) is 11.3 Å². The smallest absolute Gasteiger partial charge is 0.169 e. The number of nitrogens with one attached hydrogen (secondary N) is 1. The van der Waals surface area contributed by atoms with E-state index in [9.17, 15) is 4.57 Å². The Hall–Kier alpha value is -0.950. The maximum Gasteiger partial charge on any atom is 0.169 e. The predicted octanol–water partition coefficient (Wildman–Crippen LogP) is 4.33. The molecule has 0 bridgehead atoms. The van der Waals surface area contributed by atoms with Crippen LogP contribution in [0.4, 0.5) is 11.4 Å². The molecule has 1 aliphatic heterocycles. The summed E-state index contributed by atoms with van der Waals surface area (Å²) in [4.78, 5) is 2.31. The van der Waals surface area contributed by atoms with Crippen LogP contribution in [-0.2, 0) is 4.57 Å². The summed E-state index contributed by atoms with van der Waals surface area (Å²) in [6, 6.07) is 6.43. The summed E-state index contributed by atoms with van der Waals surface area (Å²) in [5.41, 5.74) is 3.44. The second-order valence-corrected chi connectivity index (χ2v) is 8.22. The molecule has 1 saturated heterocycles. The Balaban J connectivity index is 2.24. The van der Waals surface area contributed by atoms with Gasteiger partial charge in [0.1, 0.15) is 0 Å². The highest BCUT2D eigenvalue weighted by Crippen LogP contribution is 2.52. The molecular formula is C15H25N2OP. The second-order valence-electron chi connectivity index (χ2n) is 5.33. The van der Waals surface area contributed by atoms with Gasteiger partial charge in [0.25, 0.3) is 0 Å². The molecule has 1 aromatic rings. The summed E-state index contributed by atoms with van der Waals surface area (Å²) in [6.45, 7) is 8.40. The minimum Gasteiger partial charge on any atom is -0.372 e. The number of nitrogens with zero attached hydrogens (tertiary/aromatic N) is 1. The van der Waals surface area contributed by atoms with Crippen LogP contribution in [0.3, 0.4) is 0 Å². The van der Waals surface area contributed by atoms with Crippen molar-refractivity contribution in [1.82, 2.24) is 0 Å². The molecule has 0 saturated carbocycles. The quantitative estimate of drug-likeness (QED) is 0.815. The van der Waals surface area contributed by atoms with Crippen molar-refractivity contribution in [3.8, 4) is 0 Å². The first-order valence-corrected chi connectivity index (χ1v) is 9.37. The van der Waals surface area contributed by atoms with Gasteiger partial charge in [-0.25, -0.2) is 0 Å². The minimum absolute atomic E-state index is 0.849. The third kappa shape index (κ3) is 3.33. The van der Waals surface area contributed by atoms with Crippen LogP contribution in [0, 0.1) is 6.92 Å². The van der Waals surface area contributed by atoms with Crippen LogP contribution in [0.15, 0.2) is 18.2 Å². The van der Waals surface area contributed by atoms with Gasteiger partial charge in [0.2, 0.25) is 0 Å². The molecule has 1 N–H and O–H groups in total. The van der Waals surface area contributed by atoms with Crippen LogP contribution < -0.4 is 9.99 Å². The number of rotatable bonds is 5. The third-order valence-corrected chi connectivity index (χ3v) is 6.69. The van der Waals surface area contributed by atoms with Gasteiger partial charge in [0.15, 0.2) is 7.29 Å². The summed E-state index contributed by atoms with van der Waals surface area (Å²) in [7, 11) is -2.15. The molecule has 1 heterocycles. The van der Waals surface area contributed by atoms with Crippen LogP contribution in [0.2, 0.25) is 0 Å². The average Bonchev–Trinajstić information content (AvgIpc) is 2.81. The molecule has 19 heavy (non-hydrogen) atoms. The molecule has 0 aliphatic carbocycles. The normalized spacial score (nSPS) is 17.4. The minimum atomic E-state index is -2.15. The lowest BCUT2D eigenvalue weighted by molar-refractivity contribution is 0.582. The summed E-state index contributed by atoms with van der Waals surface area (Å²) >= 11 is 0. The van der Waals surface area contributed by atoms with Crippen LogP contribution in [-0.4, -0.2) is 25.4 Å². The van der Waals surface area contributed by atoms with Crippen LogP contribution in [0.5, 0.6) is 0 Å². The van der Waals surface area contributed by atoms with Crippen molar-refractivity contribution in [2.75, 3.05) is 35.4 Å². The molecule has 2 rings (SSSR count). The lowest BCUT2D eigenvalue weighted by atomic mass is 10.1. The molecule has 0 atom stereocenters. The van der Waals surface area contributed by atoms with Crippen LogP contribution in [0.1, 0.15) is 32.3 Å². The van der Waals surface area contributed by atoms with Crippen molar-refractivity contribution in [2.45, 2.75) is 33.6 Å². The number of hydrogen-bond donors (Lipinski definition) is 1. The molecule has 3 nitrogen and oxygen atoms in total. The number of benzene rings is 1. The van der Waals surface area contributed by atoms with E-state index in [-0.39, 0.29) is 0 Å². The molecule has 106 valence electrons. The van der Waals surface area contributed by atoms with Gasteiger partial charge in [0, 0.05) is 36.8 Å². The molecule has 1 aliphatic rings. The zero-order valence-electron chi connectivity index (χ0n) is 12.3. The summed E-state index contributed by atoms with van der Waals surface area (Å²) < 4.78 is 12.6. The number of hydrogen-bond acceptors (Lipinski definition) is 2. The highest BCUT2D eigenvalue weighted by Gasteiger charge is 2.27. The lowest BCUT2D eigenvalue weighted by Crippen LogP contribution is -2.21. The van der Waals surface area contributed by atoms with Crippen molar-refractivity contribution >= 4 is 18.7 Å². The van der Waals surface area contributed by atoms with Crippen molar-refractivity contribution < 1.29 is 4.57 Å². The maximum absolute atomic E-state index is 12.6. The standard InChI is InChI=1S/C15H25N2OP/c1-4-17(5-2)14-9-8-13(3)15(12-14)16-19(18)10-6-7-11-19/h8-9,12H,4-7,10-11H2,1-3H3,(H,16,18).